The summed E-state index contributed by atoms with van der Waals surface area (Å²) in [5, 5.41) is 0. The first kappa shape index (κ1) is 27.7. The van der Waals surface area contributed by atoms with Gasteiger partial charge >= 0.3 is 6.11 Å². The van der Waals surface area contributed by atoms with Gasteiger partial charge in [-0.25, -0.2) is 4.39 Å². The van der Waals surface area contributed by atoms with Gasteiger partial charge in [0.25, 0.3) is 0 Å². The fraction of sp³-hybridized carbons (Fsp3) is 0.515. The van der Waals surface area contributed by atoms with Crippen LogP contribution in [0.5, 0.6) is 0 Å². The molecule has 0 amide bonds. The first-order chi connectivity index (χ1) is 17.9. The molecule has 2 saturated carbocycles. The Hall–Kier alpha value is -2.33. The Morgan fingerprint density at radius 2 is 1.46 bits per heavy atom. The van der Waals surface area contributed by atoms with Crippen LogP contribution in [-0.2, 0) is 17.3 Å². The summed E-state index contributed by atoms with van der Waals surface area (Å²) in [6.07, 6.45) is 11.7. The van der Waals surface area contributed by atoms with Gasteiger partial charge in [-0.3, -0.25) is 0 Å². The van der Waals surface area contributed by atoms with Gasteiger partial charge in [0, 0.05) is 0 Å². The third-order valence-corrected chi connectivity index (χ3v) is 8.63. The number of allylic oxidation sites excluding steroid dienone is 2. The quantitative estimate of drug-likeness (QED) is 0.273. The fourth-order valence-electron chi connectivity index (χ4n) is 6.18. The summed E-state index contributed by atoms with van der Waals surface area (Å²) in [4.78, 5) is 0. The molecule has 2 aliphatic carbocycles. The summed E-state index contributed by atoms with van der Waals surface area (Å²) >= 11 is 0. The van der Waals surface area contributed by atoms with E-state index in [1.165, 1.54) is 30.5 Å². The molecule has 4 rings (SSSR count). The van der Waals surface area contributed by atoms with Crippen LogP contribution in [0.3, 0.4) is 0 Å². The van der Waals surface area contributed by atoms with Crippen LogP contribution < -0.4 is 0 Å². The van der Waals surface area contributed by atoms with Crippen LogP contribution in [-0.4, -0.2) is 6.61 Å². The standard InChI is InChI=1S/C33H41F3O/c1-3-5-6-25-9-17-29(18-10-25)30-19-20-31(32(34)23-30)33(35,36)37-22-21-26-11-15-28(16-12-26)27-13-7-24(4-2)8-14-27/h3-4,11-12,15-16,19-20,23-25,27,29H,1-2,5-10,13-14,17-18,21-22H2. The lowest BCUT2D eigenvalue weighted by Crippen LogP contribution is -2.22. The van der Waals surface area contributed by atoms with E-state index in [1.807, 2.05) is 18.2 Å². The van der Waals surface area contributed by atoms with Crippen molar-refractivity contribution in [3.8, 4) is 0 Å². The molecule has 2 fully saturated rings. The summed E-state index contributed by atoms with van der Waals surface area (Å²) in [5.41, 5.74) is 2.39. The van der Waals surface area contributed by atoms with E-state index in [0.29, 0.717) is 24.2 Å². The van der Waals surface area contributed by atoms with Gasteiger partial charge in [-0.05, 0) is 123 Å². The molecule has 0 heterocycles. The van der Waals surface area contributed by atoms with Crippen molar-refractivity contribution in [2.24, 2.45) is 11.8 Å². The lowest BCUT2D eigenvalue weighted by Gasteiger charge is -2.29. The van der Waals surface area contributed by atoms with Crippen molar-refractivity contribution in [1.82, 2.24) is 0 Å². The van der Waals surface area contributed by atoms with E-state index >= 15 is 0 Å². The second kappa shape index (κ2) is 13.0. The highest BCUT2D eigenvalue weighted by Crippen LogP contribution is 2.40. The molecule has 0 spiro atoms. The molecule has 2 aromatic carbocycles. The predicted molar refractivity (Wildman–Crippen MR) is 145 cm³/mol. The molecule has 1 nitrogen and oxygen atoms in total. The second-order valence-corrected chi connectivity index (χ2v) is 11.0. The molecule has 0 unspecified atom stereocenters. The maximum atomic E-state index is 14.8. The highest BCUT2D eigenvalue weighted by molar-refractivity contribution is 5.29. The molecule has 0 bridgehead atoms. The molecule has 0 N–H and O–H groups in total. The van der Waals surface area contributed by atoms with Crippen molar-refractivity contribution in [1.29, 1.82) is 0 Å². The van der Waals surface area contributed by atoms with Gasteiger partial charge < -0.3 is 4.74 Å². The zero-order valence-corrected chi connectivity index (χ0v) is 21.9. The smallest absolute Gasteiger partial charge is 0.316 e. The molecular formula is C33H41F3O. The van der Waals surface area contributed by atoms with E-state index < -0.39 is 17.5 Å². The van der Waals surface area contributed by atoms with Crippen molar-refractivity contribution in [3.05, 3.63) is 95.8 Å². The summed E-state index contributed by atoms with van der Waals surface area (Å²) in [7, 11) is 0. The van der Waals surface area contributed by atoms with Crippen LogP contribution in [0.25, 0.3) is 0 Å². The van der Waals surface area contributed by atoms with Crippen LogP contribution in [0, 0.1) is 17.7 Å². The van der Waals surface area contributed by atoms with Crippen LogP contribution in [0.1, 0.15) is 98.3 Å². The molecule has 0 aromatic heterocycles. The monoisotopic (exact) mass is 510 g/mol. The van der Waals surface area contributed by atoms with Crippen molar-refractivity contribution in [2.75, 3.05) is 6.61 Å². The van der Waals surface area contributed by atoms with E-state index in [2.05, 4.69) is 31.4 Å². The highest BCUT2D eigenvalue weighted by atomic mass is 19.3. The second-order valence-electron chi connectivity index (χ2n) is 11.0. The van der Waals surface area contributed by atoms with E-state index in [9.17, 15) is 13.2 Å². The minimum Gasteiger partial charge on any atom is -0.316 e. The lowest BCUT2D eigenvalue weighted by molar-refractivity contribution is -0.249. The first-order valence-electron chi connectivity index (χ1n) is 14.0. The van der Waals surface area contributed by atoms with E-state index in [-0.39, 0.29) is 12.5 Å². The van der Waals surface area contributed by atoms with E-state index in [1.54, 1.807) is 6.07 Å². The molecular weight excluding hydrogens is 469 g/mol. The average Bonchev–Trinajstić information content (AvgIpc) is 2.92. The topological polar surface area (TPSA) is 9.23 Å². The Kier molecular flexibility index (Phi) is 9.70. The Morgan fingerprint density at radius 3 is 2.08 bits per heavy atom. The minimum absolute atomic E-state index is 0.174. The number of hydrogen-bond acceptors (Lipinski definition) is 1. The van der Waals surface area contributed by atoms with Crippen LogP contribution in [0.4, 0.5) is 13.2 Å². The normalized spacial score (nSPS) is 24.5. The molecule has 200 valence electrons. The zero-order chi connectivity index (χ0) is 26.3. The van der Waals surface area contributed by atoms with Gasteiger partial charge in [0.05, 0.1) is 12.2 Å². The van der Waals surface area contributed by atoms with Gasteiger partial charge in [-0.2, -0.15) is 8.78 Å². The maximum absolute atomic E-state index is 14.8. The van der Waals surface area contributed by atoms with Gasteiger partial charge in [0.15, 0.2) is 0 Å². The molecule has 2 aliphatic rings. The highest BCUT2D eigenvalue weighted by Gasteiger charge is 2.36. The number of ether oxygens (including phenoxy) is 1. The number of rotatable bonds is 11. The average molecular weight is 511 g/mol. The zero-order valence-electron chi connectivity index (χ0n) is 21.9. The van der Waals surface area contributed by atoms with Crippen molar-refractivity contribution >= 4 is 0 Å². The Bertz CT molecular complexity index is 1010. The molecule has 0 aliphatic heterocycles. The number of alkyl halides is 2. The minimum atomic E-state index is -3.66. The van der Waals surface area contributed by atoms with Crippen LogP contribution in [0.15, 0.2) is 67.8 Å². The molecule has 0 saturated heterocycles. The SMILES string of the molecule is C=CCCC1CCC(c2ccc(C(F)(F)OCCc3ccc(C4CCC(C=C)CC4)cc3)c(F)c2)CC1. The summed E-state index contributed by atoms with van der Waals surface area (Å²) < 4.78 is 49.2. The van der Waals surface area contributed by atoms with Gasteiger partial charge in [0.1, 0.15) is 5.82 Å². The maximum Gasteiger partial charge on any atom is 0.386 e. The van der Waals surface area contributed by atoms with Crippen molar-refractivity contribution in [2.45, 2.75) is 88.6 Å². The van der Waals surface area contributed by atoms with Crippen LogP contribution >= 0.6 is 0 Å². The van der Waals surface area contributed by atoms with Gasteiger partial charge in [-0.1, -0.05) is 42.5 Å². The summed E-state index contributed by atoms with van der Waals surface area (Å²) in [6, 6.07) is 12.4. The number of halogens is 3. The third kappa shape index (κ3) is 7.37. The summed E-state index contributed by atoms with van der Waals surface area (Å²) in [5.74, 6) is 1.22. The van der Waals surface area contributed by atoms with Gasteiger partial charge in [0.2, 0.25) is 0 Å². The third-order valence-electron chi connectivity index (χ3n) is 8.63. The predicted octanol–water partition coefficient (Wildman–Crippen LogP) is 9.83. The molecule has 0 radical (unpaired) electrons. The fourth-order valence-corrected chi connectivity index (χ4v) is 6.18. The Morgan fingerprint density at radius 1 is 0.838 bits per heavy atom. The summed E-state index contributed by atoms with van der Waals surface area (Å²) in [6.45, 7) is 7.52. The first-order valence-corrected chi connectivity index (χ1v) is 14.0. The van der Waals surface area contributed by atoms with Crippen molar-refractivity contribution < 1.29 is 17.9 Å². The van der Waals surface area contributed by atoms with E-state index in [0.717, 1.165) is 62.5 Å². The van der Waals surface area contributed by atoms with Crippen molar-refractivity contribution in [3.63, 3.8) is 0 Å². The number of benzene rings is 2. The Labute approximate surface area is 220 Å². The van der Waals surface area contributed by atoms with Gasteiger partial charge in [-0.15, -0.1) is 13.2 Å². The lowest BCUT2D eigenvalue weighted by atomic mass is 9.77. The Balaban J connectivity index is 1.27. The largest absolute Gasteiger partial charge is 0.386 e. The molecule has 2 aromatic rings. The van der Waals surface area contributed by atoms with Crippen LogP contribution in [0.2, 0.25) is 0 Å². The number of hydrogen-bond donors (Lipinski definition) is 0. The molecule has 0 atom stereocenters. The van der Waals surface area contributed by atoms with E-state index in [4.69, 9.17) is 4.74 Å². The molecule has 4 heteroatoms. The molecule has 37 heavy (non-hydrogen) atoms.